The average molecular weight is 373 g/mol. The van der Waals surface area contributed by atoms with E-state index in [1.165, 1.54) is 12.1 Å². The average Bonchev–Trinajstić information content (AvgIpc) is 2.54. The molecule has 4 nitrogen and oxygen atoms in total. The van der Waals surface area contributed by atoms with Crippen molar-refractivity contribution < 1.29 is 19.7 Å². The fourth-order valence-corrected chi connectivity index (χ4v) is 2.77. The smallest absolute Gasteiger partial charge is 0.339 e. The summed E-state index contributed by atoms with van der Waals surface area (Å²) in [6.45, 7) is 0.315. The maximum atomic E-state index is 11.0. The lowest BCUT2D eigenvalue weighted by Gasteiger charge is -2.11. The minimum atomic E-state index is -1.19. The van der Waals surface area contributed by atoms with Crippen LogP contribution >= 0.6 is 15.9 Å². The lowest BCUT2D eigenvalue weighted by molar-refractivity contribution is 0.0693. The van der Waals surface area contributed by atoms with Gasteiger partial charge in [-0.15, -0.1) is 0 Å². The monoisotopic (exact) mass is 372 g/mol. The molecule has 0 aliphatic heterocycles. The summed E-state index contributed by atoms with van der Waals surface area (Å²) >= 11 is 3.26. The molecule has 0 aliphatic rings. The highest BCUT2D eigenvalue weighted by atomic mass is 79.9. The van der Waals surface area contributed by atoms with Gasteiger partial charge in [0.1, 0.15) is 23.7 Å². The second-order valence-corrected chi connectivity index (χ2v) is 5.93. The van der Waals surface area contributed by atoms with Crippen molar-refractivity contribution in [2.24, 2.45) is 0 Å². The second-order valence-electron chi connectivity index (χ2n) is 5.08. The first-order valence-electron chi connectivity index (χ1n) is 6.91. The molecule has 0 aliphatic carbocycles. The van der Waals surface area contributed by atoms with Crippen molar-refractivity contribution in [1.82, 2.24) is 0 Å². The van der Waals surface area contributed by atoms with E-state index in [2.05, 4.69) is 15.9 Å². The van der Waals surface area contributed by atoms with Gasteiger partial charge in [0.25, 0.3) is 0 Å². The molecule has 0 bridgehead atoms. The van der Waals surface area contributed by atoms with Gasteiger partial charge in [-0.2, -0.15) is 0 Å². The highest BCUT2D eigenvalue weighted by Gasteiger charge is 2.14. The summed E-state index contributed by atoms with van der Waals surface area (Å²) < 4.78 is 6.17. The molecule has 116 valence electrons. The van der Waals surface area contributed by atoms with Crippen LogP contribution in [0.5, 0.6) is 11.5 Å². The summed E-state index contributed by atoms with van der Waals surface area (Å²) in [6.07, 6.45) is 0. The van der Waals surface area contributed by atoms with Gasteiger partial charge in [-0.1, -0.05) is 36.4 Å². The maximum absolute atomic E-state index is 11.0. The van der Waals surface area contributed by atoms with Gasteiger partial charge < -0.3 is 14.9 Å². The third-order valence-corrected chi connectivity index (χ3v) is 4.11. The van der Waals surface area contributed by atoms with Crippen molar-refractivity contribution in [2.75, 3.05) is 0 Å². The molecule has 0 spiro atoms. The predicted octanol–water partition coefficient (Wildman–Crippen LogP) is 4.59. The van der Waals surface area contributed by atoms with Gasteiger partial charge in [-0.3, -0.25) is 0 Å². The molecule has 3 aromatic rings. The predicted molar refractivity (Wildman–Crippen MR) is 91.0 cm³/mol. The van der Waals surface area contributed by atoms with Crippen LogP contribution in [-0.2, 0) is 6.61 Å². The van der Waals surface area contributed by atoms with Crippen molar-refractivity contribution in [3.63, 3.8) is 0 Å². The van der Waals surface area contributed by atoms with Gasteiger partial charge >= 0.3 is 5.97 Å². The third-order valence-electron chi connectivity index (χ3n) is 3.49. The Morgan fingerprint density at radius 2 is 1.78 bits per heavy atom. The van der Waals surface area contributed by atoms with Gasteiger partial charge in [-0.05, 0) is 44.4 Å². The molecule has 23 heavy (non-hydrogen) atoms. The third kappa shape index (κ3) is 3.29. The normalized spacial score (nSPS) is 10.7. The zero-order valence-corrected chi connectivity index (χ0v) is 13.6. The lowest BCUT2D eigenvalue weighted by atomic mass is 10.1. The van der Waals surface area contributed by atoms with E-state index in [0.29, 0.717) is 16.8 Å². The van der Waals surface area contributed by atoms with E-state index in [1.54, 1.807) is 0 Å². The van der Waals surface area contributed by atoms with E-state index in [4.69, 9.17) is 9.84 Å². The minimum Gasteiger partial charge on any atom is -0.507 e. The number of hydrogen-bond acceptors (Lipinski definition) is 3. The Bertz CT molecular complexity index is 889. The Morgan fingerprint density at radius 3 is 2.52 bits per heavy atom. The van der Waals surface area contributed by atoms with Crippen LogP contribution in [0.4, 0.5) is 0 Å². The summed E-state index contributed by atoms with van der Waals surface area (Å²) in [4.78, 5) is 11.0. The van der Waals surface area contributed by atoms with E-state index in [9.17, 15) is 9.90 Å². The molecule has 5 heteroatoms. The van der Waals surface area contributed by atoms with Crippen molar-refractivity contribution >= 4 is 32.7 Å². The molecule has 0 saturated heterocycles. The Morgan fingerprint density at radius 1 is 1.04 bits per heavy atom. The topological polar surface area (TPSA) is 66.8 Å². The van der Waals surface area contributed by atoms with Crippen LogP contribution in [0.3, 0.4) is 0 Å². The first kappa shape index (κ1) is 15.4. The second kappa shape index (κ2) is 6.30. The molecule has 0 saturated carbocycles. The van der Waals surface area contributed by atoms with Gasteiger partial charge in [0.15, 0.2) is 0 Å². The molecular weight excluding hydrogens is 360 g/mol. The SMILES string of the molecule is O=C(O)c1cc(Br)c(OCc2ccc3ccccc3c2)cc1O. The molecule has 2 N–H and O–H groups in total. The van der Waals surface area contributed by atoms with E-state index in [-0.39, 0.29) is 11.3 Å². The quantitative estimate of drug-likeness (QED) is 0.702. The number of carboxylic acid groups (broad SMARTS) is 1. The molecule has 0 amide bonds. The number of aromatic hydroxyl groups is 1. The lowest BCUT2D eigenvalue weighted by Crippen LogP contribution is -2.00. The molecule has 0 radical (unpaired) electrons. The number of halogens is 1. The van der Waals surface area contributed by atoms with Gasteiger partial charge in [-0.25, -0.2) is 4.79 Å². The number of carboxylic acids is 1. The van der Waals surface area contributed by atoms with E-state index in [1.807, 2.05) is 42.5 Å². The largest absolute Gasteiger partial charge is 0.507 e. The van der Waals surface area contributed by atoms with Crippen LogP contribution in [0, 0.1) is 0 Å². The summed E-state index contributed by atoms with van der Waals surface area (Å²) in [5.74, 6) is -1.13. The summed E-state index contributed by atoms with van der Waals surface area (Å²) in [6, 6.07) is 16.7. The van der Waals surface area contributed by atoms with E-state index in [0.717, 1.165) is 16.3 Å². The number of hydrogen-bond donors (Lipinski definition) is 2. The van der Waals surface area contributed by atoms with Crippen LogP contribution < -0.4 is 4.74 Å². The Kier molecular flexibility index (Phi) is 4.21. The Balaban J connectivity index is 1.82. The van der Waals surface area contributed by atoms with Crippen molar-refractivity contribution in [2.45, 2.75) is 6.61 Å². The summed E-state index contributed by atoms with van der Waals surface area (Å²) in [7, 11) is 0. The van der Waals surface area contributed by atoms with Crippen molar-refractivity contribution in [1.29, 1.82) is 0 Å². The van der Waals surface area contributed by atoms with Gasteiger partial charge in [0, 0.05) is 6.07 Å². The van der Waals surface area contributed by atoms with Gasteiger partial charge in [0.05, 0.1) is 4.47 Å². The van der Waals surface area contributed by atoms with Crippen LogP contribution in [-0.4, -0.2) is 16.2 Å². The van der Waals surface area contributed by atoms with E-state index >= 15 is 0 Å². The van der Waals surface area contributed by atoms with Crippen LogP contribution in [0.15, 0.2) is 59.1 Å². The summed E-state index contributed by atoms with van der Waals surface area (Å²) in [5, 5.41) is 21.0. The molecule has 3 aromatic carbocycles. The molecule has 0 unspecified atom stereocenters. The van der Waals surface area contributed by atoms with E-state index < -0.39 is 5.97 Å². The zero-order valence-electron chi connectivity index (χ0n) is 12.0. The molecule has 0 heterocycles. The Hall–Kier alpha value is -2.53. The molecule has 3 rings (SSSR count). The number of carbonyl (C=O) groups is 1. The number of phenols is 1. The number of fused-ring (bicyclic) bond motifs is 1. The maximum Gasteiger partial charge on any atom is 0.339 e. The molecular formula is C18H13BrO4. The highest BCUT2D eigenvalue weighted by Crippen LogP contribution is 2.33. The van der Waals surface area contributed by atoms with Gasteiger partial charge in [0.2, 0.25) is 0 Å². The number of rotatable bonds is 4. The number of ether oxygens (including phenoxy) is 1. The fraction of sp³-hybridized carbons (Fsp3) is 0.0556. The fourth-order valence-electron chi connectivity index (χ4n) is 2.31. The highest BCUT2D eigenvalue weighted by molar-refractivity contribution is 9.10. The van der Waals surface area contributed by atoms with Crippen LogP contribution in [0.1, 0.15) is 15.9 Å². The molecule has 0 aromatic heterocycles. The standard InChI is InChI=1S/C18H13BrO4/c19-15-8-14(18(21)22)16(20)9-17(15)23-10-11-5-6-12-3-1-2-4-13(12)7-11/h1-9,20H,10H2,(H,21,22). The van der Waals surface area contributed by atoms with Crippen LogP contribution in [0.25, 0.3) is 10.8 Å². The zero-order chi connectivity index (χ0) is 16.4. The minimum absolute atomic E-state index is 0.171. The van der Waals surface area contributed by atoms with Crippen molar-refractivity contribution in [3.8, 4) is 11.5 Å². The Labute approximate surface area is 141 Å². The summed E-state index contributed by atoms with van der Waals surface area (Å²) in [5.41, 5.74) is 0.812. The molecule has 0 fully saturated rings. The van der Waals surface area contributed by atoms with Crippen LogP contribution in [0.2, 0.25) is 0 Å². The molecule has 0 atom stereocenters. The first-order chi connectivity index (χ1) is 11.0. The van der Waals surface area contributed by atoms with Crippen molar-refractivity contribution in [3.05, 3.63) is 70.2 Å². The number of aromatic carboxylic acids is 1. The first-order valence-corrected chi connectivity index (χ1v) is 7.70. The number of benzene rings is 3.